The Kier molecular flexibility index (Phi) is 4.27. The van der Waals surface area contributed by atoms with Crippen LogP contribution in [0.4, 0.5) is 0 Å². The van der Waals surface area contributed by atoms with Gasteiger partial charge >= 0.3 is 5.97 Å². The molecule has 1 N–H and O–H groups in total. The molecule has 1 amide bonds. The average molecular weight is 285 g/mol. The van der Waals surface area contributed by atoms with Crippen LogP contribution in [0.1, 0.15) is 39.4 Å². The molecule has 0 radical (unpaired) electrons. The van der Waals surface area contributed by atoms with Crippen molar-refractivity contribution in [3.05, 3.63) is 59.7 Å². The molecule has 1 unspecified atom stereocenters. The summed E-state index contributed by atoms with van der Waals surface area (Å²) in [5.74, 6) is -1.60. The minimum absolute atomic E-state index is 0.0617. The predicted octanol–water partition coefficient (Wildman–Crippen LogP) is 2.01. The van der Waals surface area contributed by atoms with Crippen LogP contribution in [-0.2, 0) is 0 Å². The molecule has 0 aliphatic carbocycles. The van der Waals surface area contributed by atoms with E-state index in [-0.39, 0.29) is 17.3 Å². The van der Waals surface area contributed by atoms with Crippen molar-refractivity contribution in [3.63, 3.8) is 0 Å². The van der Waals surface area contributed by atoms with E-state index in [1.165, 1.54) is 23.2 Å². The molecule has 2 heterocycles. The van der Waals surface area contributed by atoms with Crippen molar-refractivity contribution in [2.75, 3.05) is 7.05 Å². The van der Waals surface area contributed by atoms with Crippen LogP contribution in [0.15, 0.2) is 42.9 Å². The lowest BCUT2D eigenvalue weighted by Gasteiger charge is -2.25. The highest BCUT2D eigenvalue weighted by Crippen LogP contribution is 2.20. The van der Waals surface area contributed by atoms with Crippen molar-refractivity contribution in [1.29, 1.82) is 0 Å². The van der Waals surface area contributed by atoms with Crippen LogP contribution in [0.3, 0.4) is 0 Å². The summed E-state index contributed by atoms with van der Waals surface area (Å²) in [5.41, 5.74) is 0.748. The number of carbonyl (C=O) groups excluding carboxylic acids is 1. The van der Waals surface area contributed by atoms with Crippen LogP contribution in [0.5, 0.6) is 0 Å². The van der Waals surface area contributed by atoms with Crippen LogP contribution in [0, 0.1) is 0 Å². The second kappa shape index (κ2) is 6.13. The Bertz CT molecular complexity index is 658. The lowest BCUT2D eigenvalue weighted by Crippen LogP contribution is -2.31. The Morgan fingerprint density at radius 2 is 1.86 bits per heavy atom. The summed E-state index contributed by atoms with van der Waals surface area (Å²) in [6, 6.07) is 6.26. The number of aromatic carboxylic acids is 1. The number of nitrogens with zero attached hydrogens (tertiary/aromatic N) is 3. The summed E-state index contributed by atoms with van der Waals surface area (Å²) in [4.78, 5) is 32.9. The molecule has 0 saturated heterocycles. The van der Waals surface area contributed by atoms with E-state index in [1.807, 2.05) is 19.1 Å². The van der Waals surface area contributed by atoms with Crippen LogP contribution >= 0.6 is 0 Å². The van der Waals surface area contributed by atoms with Gasteiger partial charge in [-0.25, -0.2) is 4.79 Å². The SMILES string of the molecule is CC(c1ccncc1)N(C)C(=O)c1ncccc1C(=O)O. The van der Waals surface area contributed by atoms with Crippen molar-refractivity contribution in [2.45, 2.75) is 13.0 Å². The highest BCUT2D eigenvalue weighted by atomic mass is 16.4. The Morgan fingerprint density at radius 1 is 1.19 bits per heavy atom. The summed E-state index contributed by atoms with van der Waals surface area (Å²) in [6.07, 6.45) is 4.70. The quantitative estimate of drug-likeness (QED) is 0.929. The molecule has 2 aromatic rings. The fourth-order valence-corrected chi connectivity index (χ4v) is 1.96. The van der Waals surface area contributed by atoms with E-state index in [0.717, 1.165) is 5.56 Å². The summed E-state index contributed by atoms with van der Waals surface area (Å²) < 4.78 is 0. The predicted molar refractivity (Wildman–Crippen MR) is 75.9 cm³/mol. The number of aromatic nitrogens is 2. The number of hydrogen-bond donors (Lipinski definition) is 1. The van der Waals surface area contributed by atoms with Gasteiger partial charge < -0.3 is 10.0 Å². The number of carboxylic acid groups (broad SMARTS) is 1. The number of rotatable bonds is 4. The van der Waals surface area contributed by atoms with E-state index < -0.39 is 11.9 Å². The van der Waals surface area contributed by atoms with Crippen molar-refractivity contribution in [3.8, 4) is 0 Å². The lowest BCUT2D eigenvalue weighted by atomic mass is 10.1. The van der Waals surface area contributed by atoms with E-state index in [4.69, 9.17) is 5.11 Å². The van der Waals surface area contributed by atoms with Crippen LogP contribution in [0.2, 0.25) is 0 Å². The molecule has 6 nitrogen and oxygen atoms in total. The zero-order chi connectivity index (χ0) is 15.4. The molecule has 0 aliphatic heterocycles. The Labute approximate surface area is 122 Å². The molecule has 0 fully saturated rings. The third-order valence-electron chi connectivity index (χ3n) is 3.33. The second-order valence-electron chi connectivity index (χ2n) is 4.58. The van der Waals surface area contributed by atoms with Gasteiger partial charge in [-0.05, 0) is 36.8 Å². The molecule has 0 spiro atoms. The monoisotopic (exact) mass is 285 g/mol. The Hall–Kier alpha value is -2.76. The minimum atomic E-state index is -1.17. The normalized spacial score (nSPS) is 11.7. The van der Waals surface area contributed by atoms with Gasteiger partial charge in [-0.1, -0.05) is 0 Å². The molecule has 2 aromatic heterocycles. The number of carbonyl (C=O) groups is 2. The summed E-state index contributed by atoms with van der Waals surface area (Å²) in [5, 5.41) is 9.13. The number of pyridine rings is 2. The first-order valence-corrected chi connectivity index (χ1v) is 6.37. The van der Waals surface area contributed by atoms with Crippen molar-refractivity contribution >= 4 is 11.9 Å². The topological polar surface area (TPSA) is 83.4 Å². The maximum atomic E-state index is 12.5. The molecule has 0 bridgehead atoms. The van der Waals surface area contributed by atoms with E-state index in [1.54, 1.807) is 19.4 Å². The fourth-order valence-electron chi connectivity index (χ4n) is 1.96. The molecule has 0 aliphatic rings. The van der Waals surface area contributed by atoms with Gasteiger partial charge in [-0.2, -0.15) is 0 Å². The zero-order valence-corrected chi connectivity index (χ0v) is 11.7. The molecular weight excluding hydrogens is 270 g/mol. The molecule has 21 heavy (non-hydrogen) atoms. The first-order valence-electron chi connectivity index (χ1n) is 6.37. The largest absolute Gasteiger partial charge is 0.478 e. The third-order valence-corrected chi connectivity index (χ3v) is 3.33. The number of hydrogen-bond acceptors (Lipinski definition) is 4. The maximum Gasteiger partial charge on any atom is 0.338 e. The Morgan fingerprint density at radius 3 is 2.48 bits per heavy atom. The maximum absolute atomic E-state index is 12.5. The lowest BCUT2D eigenvalue weighted by molar-refractivity contribution is 0.0668. The van der Waals surface area contributed by atoms with Gasteiger partial charge in [0.05, 0.1) is 11.6 Å². The second-order valence-corrected chi connectivity index (χ2v) is 4.58. The van der Waals surface area contributed by atoms with Gasteiger partial charge in [-0.3, -0.25) is 14.8 Å². The van der Waals surface area contributed by atoms with Gasteiger partial charge in [0, 0.05) is 25.6 Å². The summed E-state index contributed by atoms with van der Waals surface area (Å²) >= 11 is 0. The van der Waals surface area contributed by atoms with Crippen molar-refractivity contribution < 1.29 is 14.7 Å². The first-order chi connectivity index (χ1) is 10.0. The molecule has 2 rings (SSSR count). The molecule has 108 valence electrons. The van der Waals surface area contributed by atoms with Crippen LogP contribution in [-0.4, -0.2) is 38.9 Å². The van der Waals surface area contributed by atoms with Crippen LogP contribution < -0.4 is 0 Å². The van der Waals surface area contributed by atoms with E-state index in [0.29, 0.717) is 0 Å². The highest BCUT2D eigenvalue weighted by Gasteiger charge is 2.24. The minimum Gasteiger partial charge on any atom is -0.478 e. The standard InChI is InChI=1S/C15H15N3O3/c1-10(11-5-8-16-9-6-11)18(2)14(19)13-12(15(20)21)4-3-7-17-13/h3-10H,1-2H3,(H,20,21). The van der Waals surface area contributed by atoms with E-state index >= 15 is 0 Å². The molecular formula is C15H15N3O3. The van der Waals surface area contributed by atoms with Gasteiger partial charge in [0.15, 0.2) is 0 Å². The van der Waals surface area contributed by atoms with Gasteiger partial charge in [0.2, 0.25) is 0 Å². The smallest absolute Gasteiger partial charge is 0.338 e. The number of carboxylic acids is 1. The van der Waals surface area contributed by atoms with Gasteiger partial charge in [0.1, 0.15) is 5.69 Å². The zero-order valence-electron chi connectivity index (χ0n) is 11.7. The van der Waals surface area contributed by atoms with Crippen molar-refractivity contribution in [1.82, 2.24) is 14.9 Å². The number of amides is 1. The van der Waals surface area contributed by atoms with E-state index in [2.05, 4.69) is 9.97 Å². The average Bonchev–Trinajstić information content (AvgIpc) is 2.53. The van der Waals surface area contributed by atoms with Crippen LogP contribution in [0.25, 0.3) is 0 Å². The van der Waals surface area contributed by atoms with E-state index in [9.17, 15) is 9.59 Å². The summed E-state index contributed by atoms with van der Waals surface area (Å²) in [6.45, 7) is 1.86. The molecule has 0 saturated carbocycles. The van der Waals surface area contributed by atoms with Crippen molar-refractivity contribution in [2.24, 2.45) is 0 Å². The van der Waals surface area contributed by atoms with Gasteiger partial charge in [-0.15, -0.1) is 0 Å². The molecule has 1 atom stereocenters. The molecule has 0 aromatic carbocycles. The third kappa shape index (κ3) is 3.05. The molecule has 6 heteroatoms. The Balaban J connectivity index is 2.30. The first kappa shape index (κ1) is 14.6. The fraction of sp³-hybridized carbons (Fsp3) is 0.200. The highest BCUT2D eigenvalue weighted by molar-refractivity contribution is 6.03. The summed E-state index contributed by atoms with van der Waals surface area (Å²) in [7, 11) is 1.62. The van der Waals surface area contributed by atoms with Gasteiger partial charge in [0.25, 0.3) is 5.91 Å².